The molecule has 6 nitrogen and oxygen atoms in total. The van der Waals surface area contributed by atoms with Gasteiger partial charge in [0, 0.05) is 11.1 Å². The van der Waals surface area contributed by atoms with Gasteiger partial charge in [0.25, 0.3) is 0 Å². The zero-order chi connectivity index (χ0) is 16.1. The fraction of sp³-hybridized carbons (Fsp3) is 0.125. The predicted octanol–water partition coefficient (Wildman–Crippen LogP) is 4.09. The van der Waals surface area contributed by atoms with Crippen LogP contribution < -0.4 is 15.4 Å². The van der Waals surface area contributed by atoms with Crippen LogP contribution in [0, 0.1) is 0 Å². The van der Waals surface area contributed by atoms with Crippen molar-refractivity contribution < 1.29 is 9.15 Å². The zero-order valence-corrected chi connectivity index (χ0v) is 13.2. The lowest BCUT2D eigenvalue weighted by atomic mass is 10.3. The molecule has 7 heteroatoms. The third-order valence-corrected chi connectivity index (χ3v) is 3.35. The molecule has 0 aliphatic rings. The number of hydrogen-bond donors (Lipinski definition) is 2. The topological polar surface area (TPSA) is 72.2 Å². The van der Waals surface area contributed by atoms with Gasteiger partial charge in [-0.1, -0.05) is 11.6 Å². The second-order valence-corrected chi connectivity index (χ2v) is 5.13. The molecule has 0 bridgehead atoms. The Morgan fingerprint density at radius 1 is 1.17 bits per heavy atom. The second-order valence-electron chi connectivity index (χ2n) is 4.69. The van der Waals surface area contributed by atoms with Crippen LogP contribution in [0.4, 0.5) is 17.3 Å². The summed E-state index contributed by atoms with van der Waals surface area (Å²) in [5.41, 5.74) is 0.732. The number of ether oxygens (including phenoxy) is 1. The lowest BCUT2D eigenvalue weighted by molar-refractivity contribution is 0.417. The summed E-state index contributed by atoms with van der Waals surface area (Å²) in [6.07, 6.45) is 3.11. The van der Waals surface area contributed by atoms with Crippen LogP contribution in [-0.2, 0) is 6.54 Å². The maximum absolute atomic E-state index is 6.03. The van der Waals surface area contributed by atoms with E-state index in [2.05, 4.69) is 20.6 Å². The maximum Gasteiger partial charge on any atom is 0.142 e. The van der Waals surface area contributed by atoms with Gasteiger partial charge in [-0.15, -0.1) is 0 Å². The Morgan fingerprint density at radius 2 is 2.04 bits per heavy atom. The molecule has 0 fully saturated rings. The predicted molar refractivity (Wildman–Crippen MR) is 89.4 cm³/mol. The van der Waals surface area contributed by atoms with Crippen LogP contribution in [0.3, 0.4) is 0 Å². The molecule has 0 aliphatic carbocycles. The van der Waals surface area contributed by atoms with E-state index >= 15 is 0 Å². The summed E-state index contributed by atoms with van der Waals surface area (Å²) in [6, 6.07) is 10.9. The summed E-state index contributed by atoms with van der Waals surface area (Å²) < 4.78 is 10.6. The van der Waals surface area contributed by atoms with E-state index in [1.807, 2.05) is 12.1 Å². The first-order valence-electron chi connectivity index (χ1n) is 6.93. The molecule has 0 saturated heterocycles. The Balaban J connectivity index is 1.73. The van der Waals surface area contributed by atoms with Crippen LogP contribution in [0.2, 0.25) is 5.02 Å². The van der Waals surface area contributed by atoms with Gasteiger partial charge >= 0.3 is 0 Å². The number of methoxy groups -OCH3 is 1. The molecule has 3 aromatic rings. The molecule has 0 atom stereocenters. The van der Waals surface area contributed by atoms with Gasteiger partial charge in [-0.3, -0.25) is 0 Å². The number of halogens is 1. The molecule has 0 amide bonds. The van der Waals surface area contributed by atoms with Crippen LogP contribution in [0.1, 0.15) is 5.76 Å². The summed E-state index contributed by atoms with van der Waals surface area (Å²) in [5.74, 6) is 2.81. The third kappa shape index (κ3) is 3.92. The van der Waals surface area contributed by atoms with Crippen molar-refractivity contribution in [2.45, 2.75) is 6.54 Å². The lowest BCUT2D eigenvalue weighted by Crippen LogP contribution is -2.03. The van der Waals surface area contributed by atoms with Gasteiger partial charge in [0.2, 0.25) is 0 Å². The minimum absolute atomic E-state index is 0.546. The SMILES string of the molecule is COc1ccc(Cl)cc1Nc1cc(NCc2ccco2)ncn1. The van der Waals surface area contributed by atoms with Crippen molar-refractivity contribution in [3.8, 4) is 5.75 Å². The van der Waals surface area contributed by atoms with Crippen molar-refractivity contribution in [1.82, 2.24) is 9.97 Å². The fourth-order valence-electron chi connectivity index (χ4n) is 2.03. The van der Waals surface area contributed by atoms with Crippen molar-refractivity contribution in [3.05, 3.63) is 59.8 Å². The number of nitrogens with zero attached hydrogens (tertiary/aromatic N) is 2. The van der Waals surface area contributed by atoms with Crippen LogP contribution >= 0.6 is 11.6 Å². The van der Waals surface area contributed by atoms with Crippen molar-refractivity contribution in [1.29, 1.82) is 0 Å². The Kier molecular flexibility index (Phi) is 4.63. The van der Waals surface area contributed by atoms with E-state index in [9.17, 15) is 0 Å². The third-order valence-electron chi connectivity index (χ3n) is 3.12. The minimum atomic E-state index is 0.546. The first-order valence-corrected chi connectivity index (χ1v) is 7.31. The van der Waals surface area contributed by atoms with E-state index in [1.54, 1.807) is 37.6 Å². The molecule has 0 radical (unpaired) electrons. The molecule has 0 saturated carbocycles. The monoisotopic (exact) mass is 330 g/mol. The highest BCUT2D eigenvalue weighted by Gasteiger charge is 2.06. The summed E-state index contributed by atoms with van der Waals surface area (Å²) in [5, 5.41) is 6.95. The average Bonchev–Trinajstić information content (AvgIpc) is 3.07. The number of aromatic nitrogens is 2. The molecule has 2 aromatic heterocycles. The van der Waals surface area contributed by atoms with Gasteiger partial charge in [-0.2, -0.15) is 0 Å². The summed E-state index contributed by atoms with van der Waals surface area (Å²) in [6.45, 7) is 0.546. The van der Waals surface area contributed by atoms with Gasteiger partial charge in [0.15, 0.2) is 0 Å². The first kappa shape index (κ1) is 15.2. The van der Waals surface area contributed by atoms with E-state index < -0.39 is 0 Å². The molecule has 0 unspecified atom stereocenters. The maximum atomic E-state index is 6.03. The fourth-order valence-corrected chi connectivity index (χ4v) is 2.20. The van der Waals surface area contributed by atoms with Crippen LogP contribution in [0.25, 0.3) is 0 Å². The van der Waals surface area contributed by atoms with Gasteiger partial charge in [0.1, 0.15) is 29.5 Å². The van der Waals surface area contributed by atoms with E-state index in [-0.39, 0.29) is 0 Å². The van der Waals surface area contributed by atoms with Gasteiger partial charge in [-0.25, -0.2) is 9.97 Å². The quantitative estimate of drug-likeness (QED) is 0.709. The van der Waals surface area contributed by atoms with Crippen molar-refractivity contribution >= 4 is 28.9 Å². The molecular weight excluding hydrogens is 316 g/mol. The second kappa shape index (κ2) is 7.02. The molecule has 3 rings (SSSR count). The standard InChI is InChI=1S/C16H15ClN4O2/c1-22-14-5-4-11(17)7-13(14)21-16-8-15(19-10-20-16)18-9-12-3-2-6-23-12/h2-8,10H,9H2,1H3,(H2,18,19,20,21). The highest BCUT2D eigenvalue weighted by atomic mass is 35.5. The Morgan fingerprint density at radius 3 is 2.83 bits per heavy atom. The molecular formula is C16H15ClN4O2. The average molecular weight is 331 g/mol. The summed E-state index contributed by atoms with van der Waals surface area (Å²) in [4.78, 5) is 8.38. The summed E-state index contributed by atoms with van der Waals surface area (Å²) >= 11 is 6.03. The first-order chi connectivity index (χ1) is 11.2. The highest BCUT2D eigenvalue weighted by molar-refractivity contribution is 6.31. The Bertz CT molecular complexity index is 778. The molecule has 1 aromatic carbocycles. The van der Waals surface area contributed by atoms with Crippen LogP contribution in [-0.4, -0.2) is 17.1 Å². The van der Waals surface area contributed by atoms with Crippen molar-refractivity contribution in [3.63, 3.8) is 0 Å². The molecule has 0 spiro atoms. The number of furan rings is 1. The number of hydrogen-bond acceptors (Lipinski definition) is 6. The van der Waals surface area contributed by atoms with Crippen LogP contribution in [0.5, 0.6) is 5.75 Å². The molecule has 0 aliphatic heterocycles. The smallest absolute Gasteiger partial charge is 0.142 e. The number of benzene rings is 1. The zero-order valence-electron chi connectivity index (χ0n) is 12.4. The molecule has 2 heterocycles. The van der Waals surface area contributed by atoms with E-state index in [4.69, 9.17) is 20.8 Å². The van der Waals surface area contributed by atoms with E-state index in [0.29, 0.717) is 29.0 Å². The highest BCUT2D eigenvalue weighted by Crippen LogP contribution is 2.30. The summed E-state index contributed by atoms with van der Waals surface area (Å²) in [7, 11) is 1.60. The Labute approximate surface area is 138 Å². The van der Waals surface area contributed by atoms with E-state index in [1.165, 1.54) is 6.33 Å². The Hall–Kier alpha value is -2.73. The number of rotatable bonds is 6. The molecule has 2 N–H and O–H groups in total. The number of nitrogens with one attached hydrogen (secondary N) is 2. The van der Waals surface area contributed by atoms with E-state index in [0.717, 1.165) is 11.4 Å². The minimum Gasteiger partial charge on any atom is -0.495 e. The van der Waals surface area contributed by atoms with Gasteiger partial charge in [-0.05, 0) is 30.3 Å². The van der Waals surface area contributed by atoms with Crippen LogP contribution in [0.15, 0.2) is 53.4 Å². The normalized spacial score (nSPS) is 10.3. The molecule has 118 valence electrons. The number of anilines is 3. The molecule has 23 heavy (non-hydrogen) atoms. The van der Waals surface area contributed by atoms with Gasteiger partial charge in [0.05, 0.1) is 25.6 Å². The largest absolute Gasteiger partial charge is 0.495 e. The van der Waals surface area contributed by atoms with Crippen molar-refractivity contribution in [2.75, 3.05) is 17.7 Å². The van der Waals surface area contributed by atoms with Crippen molar-refractivity contribution in [2.24, 2.45) is 0 Å². The van der Waals surface area contributed by atoms with Gasteiger partial charge < -0.3 is 19.8 Å². The lowest BCUT2D eigenvalue weighted by Gasteiger charge is -2.11.